The minimum Gasteiger partial charge on any atom is -0.462 e. The Morgan fingerprint density at radius 2 is 2.00 bits per heavy atom. The molecule has 12 heteroatoms. The van der Waals surface area contributed by atoms with Gasteiger partial charge in [0.25, 0.3) is 5.91 Å². The van der Waals surface area contributed by atoms with Crippen LogP contribution in [0.1, 0.15) is 19.3 Å². The van der Waals surface area contributed by atoms with Gasteiger partial charge in [0.2, 0.25) is 5.13 Å². The van der Waals surface area contributed by atoms with Crippen molar-refractivity contribution in [2.45, 2.75) is 31.3 Å². The van der Waals surface area contributed by atoms with Crippen molar-refractivity contribution < 1.29 is 22.7 Å². The van der Waals surface area contributed by atoms with Gasteiger partial charge in [-0.2, -0.15) is 19.6 Å². The first-order valence-corrected chi connectivity index (χ1v) is 14.9. The van der Waals surface area contributed by atoms with Crippen molar-refractivity contribution in [2.75, 3.05) is 44.7 Å². The van der Waals surface area contributed by atoms with E-state index in [0.29, 0.717) is 40.1 Å². The van der Waals surface area contributed by atoms with Gasteiger partial charge in [-0.15, -0.1) is 11.3 Å². The summed E-state index contributed by atoms with van der Waals surface area (Å²) in [6, 6.07) is 12.6. The van der Waals surface area contributed by atoms with Gasteiger partial charge in [0.15, 0.2) is 11.6 Å². The molecule has 0 spiro atoms. The highest BCUT2D eigenvalue weighted by molar-refractivity contribution is 7.18. The number of benzene rings is 2. The number of aromatic nitrogens is 2. The molecule has 2 aliphatic heterocycles. The van der Waals surface area contributed by atoms with Gasteiger partial charge in [-0.25, -0.2) is 8.78 Å². The highest BCUT2D eigenvalue weighted by atomic mass is 32.1. The van der Waals surface area contributed by atoms with E-state index in [1.54, 1.807) is 12.1 Å². The van der Waals surface area contributed by atoms with E-state index in [0.717, 1.165) is 36.3 Å². The molecule has 0 saturated carbocycles. The van der Waals surface area contributed by atoms with Crippen molar-refractivity contribution in [3.05, 3.63) is 59.8 Å². The molecule has 2 aliphatic rings. The topological polar surface area (TPSA) is 85.6 Å². The second-order valence-corrected chi connectivity index (χ2v) is 11.9. The number of thiophene rings is 1. The molecule has 6 rings (SSSR count). The number of hydrogen-bond donors (Lipinski definition) is 0. The van der Waals surface area contributed by atoms with E-state index in [9.17, 15) is 23.2 Å². The minimum atomic E-state index is -1.07. The Balaban J connectivity index is 1.41. The number of amides is 1. The minimum absolute atomic E-state index is 0.0119. The molecule has 4 aromatic rings. The van der Waals surface area contributed by atoms with Crippen molar-refractivity contribution in [3.63, 3.8) is 0 Å². The highest BCUT2D eigenvalue weighted by Gasteiger charge is 2.33. The number of piperazine rings is 1. The van der Waals surface area contributed by atoms with Gasteiger partial charge in [0, 0.05) is 41.1 Å². The smallest absolute Gasteiger partial charge is 0.319 e. The Morgan fingerprint density at radius 1 is 1.16 bits per heavy atom. The third kappa shape index (κ3) is 5.50. The summed E-state index contributed by atoms with van der Waals surface area (Å²) < 4.78 is 48.9. The lowest BCUT2D eigenvalue weighted by molar-refractivity contribution is -0.131. The Hall–Kier alpha value is -4.21. The van der Waals surface area contributed by atoms with E-state index >= 15 is 0 Å². The largest absolute Gasteiger partial charge is 0.462 e. The Kier molecular flexibility index (Phi) is 7.94. The number of hydrogen-bond acceptors (Lipinski definition) is 8. The number of likely N-dealkylation sites (tertiary alicyclic amines) is 1. The molecule has 0 unspecified atom stereocenters. The van der Waals surface area contributed by atoms with Gasteiger partial charge >= 0.3 is 6.01 Å². The fourth-order valence-electron chi connectivity index (χ4n) is 5.96. The average molecular weight is 607 g/mol. The number of ether oxygens (including phenoxy) is 1. The van der Waals surface area contributed by atoms with Gasteiger partial charge in [-0.1, -0.05) is 30.8 Å². The molecule has 0 N–H and O–H groups in total. The molecule has 2 fully saturated rings. The highest BCUT2D eigenvalue weighted by Crippen LogP contribution is 2.38. The van der Waals surface area contributed by atoms with Gasteiger partial charge in [0.1, 0.15) is 12.4 Å². The molecule has 222 valence electrons. The van der Waals surface area contributed by atoms with Crippen LogP contribution in [0.3, 0.4) is 0 Å². The zero-order chi connectivity index (χ0) is 30.2. The van der Waals surface area contributed by atoms with E-state index in [-0.39, 0.29) is 36.9 Å². The Bertz CT molecular complexity index is 1770. The van der Waals surface area contributed by atoms with Crippen LogP contribution in [0.4, 0.5) is 19.0 Å². The number of likely N-dealkylation sites (N-methyl/N-ethyl adjacent to an activating group) is 1. The zero-order valence-electron chi connectivity index (χ0n) is 23.5. The number of nitrogens with zero attached hydrogens (tertiary/aromatic N) is 6. The molecule has 0 radical (unpaired) electrons. The predicted molar refractivity (Wildman–Crippen MR) is 160 cm³/mol. The van der Waals surface area contributed by atoms with E-state index in [1.807, 2.05) is 29.2 Å². The summed E-state index contributed by atoms with van der Waals surface area (Å²) in [6.07, 6.45) is 2.10. The molecule has 2 aromatic carbocycles. The van der Waals surface area contributed by atoms with Crippen LogP contribution in [0, 0.1) is 22.3 Å². The molecular formula is C31H29F3N6O2S. The SMILES string of the molecule is C=C(F)C(=O)N1CCN(c2nc(OC[C@@H]3CCCN3C)nc3cc(-c4cccc5c(F)c(F)sc45)ccc23)C[C@@H]1CC#N. The Morgan fingerprint density at radius 3 is 2.74 bits per heavy atom. The maximum Gasteiger partial charge on any atom is 0.319 e. The van der Waals surface area contributed by atoms with E-state index in [1.165, 1.54) is 4.90 Å². The van der Waals surface area contributed by atoms with Crippen LogP contribution in [0.15, 0.2) is 48.8 Å². The lowest BCUT2D eigenvalue weighted by Gasteiger charge is -2.41. The summed E-state index contributed by atoms with van der Waals surface area (Å²) in [5.41, 5.74) is 1.97. The maximum absolute atomic E-state index is 14.4. The lowest BCUT2D eigenvalue weighted by atomic mass is 10.0. The van der Waals surface area contributed by atoms with E-state index in [2.05, 4.69) is 24.6 Å². The summed E-state index contributed by atoms with van der Waals surface area (Å²) in [4.78, 5) is 27.5. The summed E-state index contributed by atoms with van der Waals surface area (Å²) in [7, 11) is 2.05. The number of anilines is 1. The lowest BCUT2D eigenvalue weighted by Crippen LogP contribution is -2.55. The van der Waals surface area contributed by atoms with Gasteiger partial charge in [-0.05, 0) is 49.7 Å². The molecule has 43 heavy (non-hydrogen) atoms. The predicted octanol–water partition coefficient (Wildman–Crippen LogP) is 5.68. The van der Waals surface area contributed by atoms with Crippen LogP contribution in [0.25, 0.3) is 32.1 Å². The number of rotatable bonds is 7. The average Bonchev–Trinajstić information content (AvgIpc) is 3.55. The third-order valence-corrected chi connectivity index (χ3v) is 9.26. The summed E-state index contributed by atoms with van der Waals surface area (Å²) in [5, 5.41) is 9.51. The van der Waals surface area contributed by atoms with Crippen molar-refractivity contribution in [1.29, 1.82) is 5.26 Å². The van der Waals surface area contributed by atoms with Crippen molar-refractivity contribution >= 4 is 44.1 Å². The molecule has 1 amide bonds. The number of carbonyl (C=O) groups excluding carboxylic acids is 1. The van der Waals surface area contributed by atoms with Crippen LogP contribution < -0.4 is 9.64 Å². The van der Waals surface area contributed by atoms with Gasteiger partial charge < -0.3 is 19.4 Å². The molecule has 8 nitrogen and oxygen atoms in total. The van der Waals surface area contributed by atoms with Crippen molar-refractivity contribution in [1.82, 2.24) is 19.8 Å². The van der Waals surface area contributed by atoms with Crippen LogP contribution >= 0.6 is 11.3 Å². The first-order valence-electron chi connectivity index (χ1n) is 14.0. The fourth-order valence-corrected chi connectivity index (χ4v) is 6.91. The van der Waals surface area contributed by atoms with Crippen molar-refractivity contribution in [2.24, 2.45) is 0 Å². The molecule has 0 bridgehead atoms. The summed E-state index contributed by atoms with van der Waals surface area (Å²) >= 11 is 0.763. The fraction of sp³-hybridized carbons (Fsp3) is 0.355. The van der Waals surface area contributed by atoms with Gasteiger partial charge in [-0.3, -0.25) is 4.79 Å². The second kappa shape index (κ2) is 11.8. The normalized spacial score (nSPS) is 19.2. The molecule has 4 heterocycles. The van der Waals surface area contributed by atoms with Crippen LogP contribution in [0.2, 0.25) is 0 Å². The number of nitriles is 1. The number of halogens is 3. The molecule has 0 aliphatic carbocycles. The first-order chi connectivity index (χ1) is 20.7. The van der Waals surface area contributed by atoms with Crippen LogP contribution in [0.5, 0.6) is 6.01 Å². The number of fused-ring (bicyclic) bond motifs is 2. The third-order valence-electron chi connectivity index (χ3n) is 8.26. The number of carbonyl (C=O) groups is 1. The van der Waals surface area contributed by atoms with Gasteiger partial charge in [0.05, 0.1) is 24.0 Å². The Labute approximate surface area is 250 Å². The zero-order valence-corrected chi connectivity index (χ0v) is 24.3. The monoisotopic (exact) mass is 606 g/mol. The summed E-state index contributed by atoms with van der Waals surface area (Å²) in [5.74, 6) is -2.19. The summed E-state index contributed by atoms with van der Waals surface area (Å²) in [6.45, 7) is 5.30. The second-order valence-electron chi connectivity index (χ2n) is 10.9. The van der Waals surface area contributed by atoms with Crippen molar-refractivity contribution in [3.8, 4) is 23.2 Å². The van der Waals surface area contributed by atoms with E-state index < -0.39 is 28.7 Å². The maximum atomic E-state index is 14.4. The van der Waals surface area contributed by atoms with E-state index in [4.69, 9.17) is 14.7 Å². The van der Waals surface area contributed by atoms with Crippen LogP contribution in [-0.4, -0.2) is 77.6 Å². The quantitative estimate of drug-likeness (QED) is 0.251. The molecule has 2 atom stereocenters. The standard InChI is InChI=1S/C31H29F3N6O2S/c1-18(32)30(41)40-14-13-39(16-20(40)10-11-35)29-23-9-8-19(22-6-3-7-24-26(33)28(34)43-27(22)24)15-25(23)36-31(37-29)42-17-21-5-4-12-38(21)2/h3,6-9,15,20-21H,1,4-5,10,12-14,16-17H2,2H3/t20-,21-/m0/s1. The van der Waals surface area contributed by atoms with Crippen LogP contribution in [-0.2, 0) is 4.79 Å². The molecule has 2 saturated heterocycles. The molecular weight excluding hydrogens is 577 g/mol. The molecule has 2 aromatic heterocycles. The first kappa shape index (κ1) is 28.9.